The molecule has 1 unspecified atom stereocenters. The monoisotopic (exact) mass is 461 g/mol. The molecule has 1 atom stereocenters. The Morgan fingerprint density at radius 2 is 2.19 bits per heavy atom. The highest BCUT2D eigenvalue weighted by molar-refractivity contribution is 9.10. The van der Waals surface area contributed by atoms with E-state index in [-0.39, 0.29) is 22.0 Å². The molecule has 0 bridgehead atoms. The van der Waals surface area contributed by atoms with Crippen molar-refractivity contribution in [3.05, 3.63) is 34.2 Å². The van der Waals surface area contributed by atoms with Crippen molar-refractivity contribution in [1.82, 2.24) is 20.1 Å². The van der Waals surface area contributed by atoms with Crippen molar-refractivity contribution in [2.24, 2.45) is 10.1 Å². The largest absolute Gasteiger partial charge is 0.362 e. The number of aromatic nitrogens is 2. The van der Waals surface area contributed by atoms with Gasteiger partial charge in [-0.15, -0.1) is 0 Å². The number of aliphatic imine (C=N–C) groups is 1. The van der Waals surface area contributed by atoms with Crippen LogP contribution in [0.15, 0.2) is 32.3 Å². The number of halogens is 2. The molecule has 10 nitrogen and oxygen atoms in total. The minimum atomic E-state index is -1.48. The van der Waals surface area contributed by atoms with Gasteiger partial charge in [0, 0.05) is 19.1 Å². The smallest absolute Gasteiger partial charge is 0.202 e. The first-order valence-electron chi connectivity index (χ1n) is 7.92. The quantitative estimate of drug-likeness (QED) is 0.299. The highest BCUT2D eigenvalue weighted by Crippen LogP contribution is 2.24. The maximum atomic E-state index is 13.4. The molecular weight excluding hydrogens is 445 g/mol. The standard InChI is InChI=1S/C14H17BrFN7O3S/c15-10-7-9(1-2-11(10)16)19-13(20-24)12-14(22-26-21-12)18-8-3-5-23(6-4-8)27(17)25/h1-2,7-8,24H,3-6,17H2,(H,18,22)(H,19,20). The summed E-state index contributed by atoms with van der Waals surface area (Å²) >= 11 is 1.60. The maximum absolute atomic E-state index is 13.4. The summed E-state index contributed by atoms with van der Waals surface area (Å²) in [4.78, 5) is 4.20. The molecule has 1 saturated heterocycles. The van der Waals surface area contributed by atoms with Crippen molar-refractivity contribution < 1.29 is 18.4 Å². The van der Waals surface area contributed by atoms with Crippen LogP contribution in [0.1, 0.15) is 18.5 Å². The Kier molecular flexibility index (Phi) is 6.49. The van der Waals surface area contributed by atoms with Gasteiger partial charge in [-0.1, -0.05) is 0 Å². The molecule has 0 aliphatic carbocycles. The number of amidine groups is 1. The van der Waals surface area contributed by atoms with Crippen LogP contribution in [0.2, 0.25) is 0 Å². The van der Waals surface area contributed by atoms with E-state index in [1.54, 1.807) is 4.31 Å². The first kappa shape index (κ1) is 19.8. The topological polar surface area (TPSA) is 142 Å². The minimum absolute atomic E-state index is 0.0160. The first-order chi connectivity index (χ1) is 13.0. The number of hydroxylamine groups is 1. The zero-order chi connectivity index (χ0) is 19.4. The summed E-state index contributed by atoms with van der Waals surface area (Å²) in [5.41, 5.74) is 2.51. The third-order valence-electron chi connectivity index (χ3n) is 4.01. The lowest BCUT2D eigenvalue weighted by atomic mass is 10.1. The second-order valence-corrected chi connectivity index (χ2v) is 7.68. The number of nitrogens with one attached hydrogen (secondary N) is 2. The van der Waals surface area contributed by atoms with Gasteiger partial charge < -0.3 is 5.32 Å². The van der Waals surface area contributed by atoms with Gasteiger partial charge in [0.15, 0.2) is 22.7 Å². The van der Waals surface area contributed by atoms with Crippen LogP contribution >= 0.6 is 15.9 Å². The van der Waals surface area contributed by atoms with Gasteiger partial charge in [-0.25, -0.2) is 27.7 Å². The van der Waals surface area contributed by atoms with E-state index in [0.29, 0.717) is 37.4 Å². The SMILES string of the molecule is NS(=O)N1CCC(Nc2nonc2C(=Nc2ccc(F)c(Br)c2)NO)CC1. The van der Waals surface area contributed by atoms with Crippen LogP contribution in [0.25, 0.3) is 0 Å². The van der Waals surface area contributed by atoms with E-state index >= 15 is 0 Å². The number of nitrogens with zero attached hydrogens (tertiary/aromatic N) is 4. The van der Waals surface area contributed by atoms with Crippen LogP contribution in [0, 0.1) is 5.82 Å². The van der Waals surface area contributed by atoms with Crippen molar-refractivity contribution in [3.63, 3.8) is 0 Å². The average molecular weight is 462 g/mol. The summed E-state index contributed by atoms with van der Waals surface area (Å²) in [6.07, 6.45) is 1.39. The first-order valence-corrected chi connectivity index (χ1v) is 9.88. The van der Waals surface area contributed by atoms with E-state index in [9.17, 15) is 13.8 Å². The summed E-state index contributed by atoms with van der Waals surface area (Å²) in [5.74, 6) is -0.149. The van der Waals surface area contributed by atoms with Crippen LogP contribution in [0.3, 0.4) is 0 Å². The summed E-state index contributed by atoms with van der Waals surface area (Å²) in [6, 6.07) is 4.18. The number of piperidine rings is 1. The Labute approximate surface area is 164 Å². The molecule has 1 aromatic carbocycles. The minimum Gasteiger partial charge on any atom is -0.362 e. The normalized spacial score (nSPS) is 17.7. The van der Waals surface area contributed by atoms with E-state index in [4.69, 9.17) is 9.77 Å². The Balaban J connectivity index is 1.75. The van der Waals surface area contributed by atoms with Crippen molar-refractivity contribution in [2.45, 2.75) is 18.9 Å². The van der Waals surface area contributed by atoms with Gasteiger partial charge in [0.05, 0.1) is 10.2 Å². The second-order valence-electron chi connectivity index (χ2n) is 5.76. The van der Waals surface area contributed by atoms with E-state index in [1.165, 1.54) is 18.2 Å². The number of hydrogen-bond acceptors (Lipinski definition) is 7. The van der Waals surface area contributed by atoms with Crippen LogP contribution in [-0.4, -0.2) is 49.0 Å². The molecule has 146 valence electrons. The van der Waals surface area contributed by atoms with Gasteiger partial charge in [0.1, 0.15) is 5.82 Å². The van der Waals surface area contributed by atoms with Gasteiger partial charge in [-0.05, 0) is 57.3 Å². The van der Waals surface area contributed by atoms with Crippen molar-refractivity contribution in [2.75, 3.05) is 18.4 Å². The second kappa shape index (κ2) is 8.84. The predicted molar refractivity (Wildman–Crippen MR) is 100 cm³/mol. The highest BCUT2D eigenvalue weighted by Gasteiger charge is 2.25. The van der Waals surface area contributed by atoms with Crippen LogP contribution in [-0.2, 0) is 11.2 Å². The lowest BCUT2D eigenvalue weighted by Gasteiger charge is -2.29. The Bertz CT molecular complexity index is 857. The van der Waals surface area contributed by atoms with E-state index in [0.717, 1.165) is 0 Å². The van der Waals surface area contributed by atoms with E-state index in [2.05, 4.69) is 36.6 Å². The molecule has 0 saturated carbocycles. The molecule has 1 aromatic heterocycles. The van der Waals surface area contributed by atoms with Crippen LogP contribution in [0.4, 0.5) is 15.9 Å². The third-order valence-corrected chi connectivity index (χ3v) is 5.49. The Morgan fingerprint density at radius 3 is 2.81 bits per heavy atom. The van der Waals surface area contributed by atoms with Gasteiger partial charge >= 0.3 is 0 Å². The molecule has 0 spiro atoms. The van der Waals surface area contributed by atoms with Crippen molar-refractivity contribution in [3.8, 4) is 0 Å². The molecule has 2 aromatic rings. The lowest BCUT2D eigenvalue weighted by Crippen LogP contribution is -2.42. The van der Waals surface area contributed by atoms with Gasteiger partial charge in [-0.2, -0.15) is 0 Å². The molecule has 0 amide bonds. The van der Waals surface area contributed by atoms with Gasteiger partial charge in [-0.3, -0.25) is 10.7 Å². The fourth-order valence-electron chi connectivity index (χ4n) is 2.63. The molecule has 1 fully saturated rings. The summed E-state index contributed by atoms with van der Waals surface area (Å²) in [7, 11) is 0. The Hall–Kier alpha value is -1.93. The lowest BCUT2D eigenvalue weighted by molar-refractivity contribution is 0.234. The highest BCUT2D eigenvalue weighted by atomic mass is 79.9. The molecule has 3 rings (SSSR count). The molecule has 1 aliphatic rings. The summed E-state index contributed by atoms with van der Waals surface area (Å²) in [5, 5.41) is 25.6. The predicted octanol–water partition coefficient (Wildman–Crippen LogP) is 1.44. The average Bonchev–Trinajstić information content (AvgIpc) is 3.11. The molecule has 27 heavy (non-hydrogen) atoms. The van der Waals surface area contributed by atoms with Crippen LogP contribution < -0.4 is 15.9 Å². The van der Waals surface area contributed by atoms with E-state index in [1.807, 2.05) is 5.48 Å². The fourth-order valence-corrected chi connectivity index (χ4v) is 3.56. The zero-order valence-electron chi connectivity index (χ0n) is 13.9. The Morgan fingerprint density at radius 1 is 1.44 bits per heavy atom. The maximum Gasteiger partial charge on any atom is 0.202 e. The van der Waals surface area contributed by atoms with Crippen LogP contribution in [0.5, 0.6) is 0 Å². The number of benzene rings is 1. The molecule has 13 heteroatoms. The zero-order valence-corrected chi connectivity index (χ0v) is 16.3. The number of hydrogen-bond donors (Lipinski definition) is 4. The fraction of sp³-hybridized carbons (Fsp3) is 0.357. The van der Waals surface area contributed by atoms with Gasteiger partial charge in [0.2, 0.25) is 5.82 Å². The molecule has 0 radical (unpaired) electrons. The number of rotatable bonds is 5. The van der Waals surface area contributed by atoms with Gasteiger partial charge in [0.25, 0.3) is 0 Å². The third kappa shape index (κ3) is 4.87. The van der Waals surface area contributed by atoms with Crippen molar-refractivity contribution in [1.29, 1.82) is 0 Å². The molecule has 2 heterocycles. The molecule has 1 aliphatic heterocycles. The number of anilines is 1. The summed E-state index contributed by atoms with van der Waals surface area (Å²) in [6.45, 7) is 1.15. The summed E-state index contributed by atoms with van der Waals surface area (Å²) < 4.78 is 31.3. The van der Waals surface area contributed by atoms with Crippen molar-refractivity contribution >= 4 is 44.4 Å². The molecular formula is C14H17BrFN7O3S. The number of nitrogens with two attached hydrogens (primary N) is 1. The van der Waals surface area contributed by atoms with E-state index < -0.39 is 17.0 Å². The molecule has 5 N–H and O–H groups in total.